The van der Waals surface area contributed by atoms with Gasteiger partial charge in [0.15, 0.2) is 11.5 Å². The summed E-state index contributed by atoms with van der Waals surface area (Å²) in [7, 11) is 1.33. The van der Waals surface area contributed by atoms with Crippen molar-refractivity contribution >= 4 is 11.8 Å². The van der Waals surface area contributed by atoms with Crippen LogP contribution in [0.1, 0.15) is 36.2 Å². The van der Waals surface area contributed by atoms with Crippen molar-refractivity contribution in [1.82, 2.24) is 5.16 Å². The van der Waals surface area contributed by atoms with Gasteiger partial charge in [-0.25, -0.2) is 4.39 Å². The van der Waals surface area contributed by atoms with Crippen LogP contribution in [-0.4, -0.2) is 24.0 Å². The fourth-order valence-electron chi connectivity index (χ4n) is 1.94. The molecule has 2 rings (SSSR count). The van der Waals surface area contributed by atoms with E-state index in [1.54, 1.807) is 12.1 Å². The number of esters is 1. The van der Waals surface area contributed by atoms with Crippen molar-refractivity contribution in [3.8, 4) is 11.3 Å². The third-order valence-electron chi connectivity index (χ3n) is 3.19. The topological polar surface area (TPSA) is 69.4 Å². The van der Waals surface area contributed by atoms with E-state index in [9.17, 15) is 14.0 Å². The fourth-order valence-corrected chi connectivity index (χ4v) is 1.94. The zero-order chi connectivity index (χ0) is 15.9. The lowest BCUT2D eigenvalue weighted by atomic mass is 10.1. The molecule has 0 atom stereocenters. The van der Waals surface area contributed by atoms with Crippen LogP contribution in [0.3, 0.4) is 0 Å². The predicted octanol–water partition coefficient (Wildman–Crippen LogP) is 3.40. The van der Waals surface area contributed by atoms with E-state index in [0.29, 0.717) is 30.6 Å². The second-order valence-corrected chi connectivity index (χ2v) is 4.79. The zero-order valence-corrected chi connectivity index (χ0v) is 12.2. The van der Waals surface area contributed by atoms with E-state index in [-0.39, 0.29) is 29.7 Å². The van der Waals surface area contributed by atoms with E-state index >= 15 is 0 Å². The summed E-state index contributed by atoms with van der Waals surface area (Å²) in [4.78, 5) is 22.9. The normalized spacial score (nSPS) is 10.5. The third-order valence-corrected chi connectivity index (χ3v) is 3.19. The number of benzene rings is 1. The van der Waals surface area contributed by atoms with Crippen LogP contribution < -0.4 is 0 Å². The van der Waals surface area contributed by atoms with Crippen molar-refractivity contribution in [3.63, 3.8) is 0 Å². The first-order chi connectivity index (χ1) is 10.6. The maximum atomic E-state index is 12.9. The van der Waals surface area contributed by atoms with Crippen LogP contribution in [0, 0.1) is 5.82 Å². The first-order valence-corrected chi connectivity index (χ1v) is 6.93. The van der Waals surface area contributed by atoms with E-state index in [4.69, 9.17) is 4.52 Å². The number of aromatic nitrogens is 1. The molecule has 0 unspecified atom stereocenters. The molecule has 116 valence electrons. The average Bonchev–Trinajstić information content (AvgIpc) is 3.01. The molecule has 0 aliphatic carbocycles. The lowest BCUT2D eigenvalue weighted by Gasteiger charge is -1.98. The molecule has 1 aromatic heterocycles. The first kappa shape index (κ1) is 15.9. The number of unbranched alkanes of at least 4 members (excludes halogenated alkanes) is 1. The molecule has 0 aliphatic rings. The van der Waals surface area contributed by atoms with Crippen LogP contribution in [-0.2, 0) is 9.53 Å². The van der Waals surface area contributed by atoms with Crippen LogP contribution in [0.25, 0.3) is 11.3 Å². The van der Waals surface area contributed by atoms with Crippen molar-refractivity contribution in [3.05, 3.63) is 41.8 Å². The summed E-state index contributed by atoms with van der Waals surface area (Å²) in [6.07, 6.45) is 1.74. The molecule has 0 fully saturated rings. The molecule has 0 N–H and O–H groups in total. The van der Waals surface area contributed by atoms with E-state index in [2.05, 4.69) is 9.89 Å². The van der Waals surface area contributed by atoms with Crippen molar-refractivity contribution in [2.24, 2.45) is 0 Å². The molecule has 22 heavy (non-hydrogen) atoms. The molecule has 0 spiro atoms. The Bertz CT molecular complexity index is 648. The van der Waals surface area contributed by atoms with Crippen LogP contribution in [0.5, 0.6) is 0 Å². The maximum Gasteiger partial charge on any atom is 0.305 e. The van der Waals surface area contributed by atoms with Gasteiger partial charge in [0.25, 0.3) is 0 Å². The molecule has 2 aromatic rings. The van der Waals surface area contributed by atoms with Crippen LogP contribution in [0.4, 0.5) is 4.39 Å². The van der Waals surface area contributed by atoms with Crippen molar-refractivity contribution in [1.29, 1.82) is 0 Å². The standard InChI is InChI=1S/C16H16FNO4/c1-21-16(20)5-3-2-4-14(19)13-10-15(22-18-13)11-6-8-12(17)9-7-11/h6-10H,2-5H2,1H3. The smallest absolute Gasteiger partial charge is 0.305 e. The van der Waals surface area contributed by atoms with Gasteiger partial charge in [-0.3, -0.25) is 9.59 Å². The number of hydrogen-bond acceptors (Lipinski definition) is 5. The summed E-state index contributed by atoms with van der Waals surface area (Å²) >= 11 is 0. The van der Waals surface area contributed by atoms with Gasteiger partial charge in [0.2, 0.25) is 0 Å². The second kappa shape index (κ2) is 7.49. The van der Waals surface area contributed by atoms with E-state index in [1.807, 2.05) is 0 Å². The number of carbonyl (C=O) groups is 2. The summed E-state index contributed by atoms with van der Waals surface area (Å²) in [6.45, 7) is 0. The molecule has 0 saturated carbocycles. The molecule has 1 heterocycles. The number of nitrogens with zero attached hydrogens (tertiary/aromatic N) is 1. The largest absolute Gasteiger partial charge is 0.469 e. The minimum absolute atomic E-state index is 0.151. The van der Waals surface area contributed by atoms with Gasteiger partial charge in [-0.05, 0) is 37.1 Å². The molecular formula is C16H16FNO4. The molecular weight excluding hydrogens is 289 g/mol. The van der Waals surface area contributed by atoms with Gasteiger partial charge in [-0.15, -0.1) is 0 Å². The van der Waals surface area contributed by atoms with Gasteiger partial charge >= 0.3 is 5.97 Å². The van der Waals surface area contributed by atoms with E-state index < -0.39 is 0 Å². The van der Waals surface area contributed by atoms with Crippen LogP contribution in [0.2, 0.25) is 0 Å². The predicted molar refractivity (Wildman–Crippen MR) is 76.7 cm³/mol. The van der Waals surface area contributed by atoms with Crippen molar-refractivity contribution in [2.45, 2.75) is 25.7 Å². The molecule has 0 saturated heterocycles. The maximum absolute atomic E-state index is 12.9. The van der Waals surface area contributed by atoms with Gasteiger partial charge in [0.1, 0.15) is 11.5 Å². The number of Topliss-reactive ketones (excluding diaryl/α,β-unsaturated/α-hetero) is 1. The Balaban J connectivity index is 1.89. The number of ether oxygens (including phenoxy) is 1. The summed E-state index contributed by atoms with van der Waals surface area (Å²) < 4.78 is 22.5. The zero-order valence-electron chi connectivity index (χ0n) is 12.2. The van der Waals surface area contributed by atoms with Crippen molar-refractivity contribution < 1.29 is 23.2 Å². The molecule has 0 aliphatic heterocycles. The number of halogens is 1. The minimum Gasteiger partial charge on any atom is -0.469 e. The molecule has 6 heteroatoms. The van der Waals surface area contributed by atoms with Crippen molar-refractivity contribution in [2.75, 3.05) is 7.11 Å². The summed E-state index contributed by atoms with van der Waals surface area (Å²) in [5.74, 6) is -0.363. The SMILES string of the molecule is COC(=O)CCCCC(=O)c1cc(-c2ccc(F)cc2)on1. The first-order valence-electron chi connectivity index (χ1n) is 6.93. The van der Waals surface area contributed by atoms with Crippen LogP contribution in [0.15, 0.2) is 34.9 Å². The highest BCUT2D eigenvalue weighted by Gasteiger charge is 2.13. The second-order valence-electron chi connectivity index (χ2n) is 4.79. The Kier molecular flexibility index (Phi) is 5.41. The Labute approximate surface area is 127 Å². The molecule has 1 aromatic carbocycles. The Morgan fingerprint density at radius 2 is 1.86 bits per heavy atom. The Morgan fingerprint density at radius 1 is 1.18 bits per heavy atom. The summed E-state index contributed by atoms with van der Waals surface area (Å²) in [5.41, 5.74) is 0.885. The van der Waals surface area contributed by atoms with Gasteiger partial charge in [-0.1, -0.05) is 5.16 Å². The van der Waals surface area contributed by atoms with Crippen LogP contribution >= 0.6 is 0 Å². The molecule has 0 bridgehead atoms. The third kappa shape index (κ3) is 4.25. The number of carbonyl (C=O) groups excluding carboxylic acids is 2. The van der Waals surface area contributed by atoms with Gasteiger partial charge < -0.3 is 9.26 Å². The number of ketones is 1. The van der Waals surface area contributed by atoms with Gasteiger partial charge in [0.05, 0.1) is 7.11 Å². The van der Waals surface area contributed by atoms with E-state index in [1.165, 1.54) is 25.3 Å². The lowest BCUT2D eigenvalue weighted by molar-refractivity contribution is -0.140. The van der Waals surface area contributed by atoms with E-state index in [0.717, 1.165) is 0 Å². The summed E-state index contributed by atoms with van der Waals surface area (Å²) in [5, 5.41) is 3.74. The summed E-state index contributed by atoms with van der Waals surface area (Å²) in [6, 6.07) is 7.27. The fraction of sp³-hybridized carbons (Fsp3) is 0.312. The van der Waals surface area contributed by atoms with Gasteiger partial charge in [-0.2, -0.15) is 0 Å². The molecule has 0 radical (unpaired) electrons. The molecule has 5 nitrogen and oxygen atoms in total. The highest BCUT2D eigenvalue weighted by Crippen LogP contribution is 2.21. The number of hydrogen-bond donors (Lipinski definition) is 0. The van der Waals surface area contributed by atoms with Gasteiger partial charge in [0, 0.05) is 24.5 Å². The molecule has 0 amide bonds. The highest BCUT2D eigenvalue weighted by atomic mass is 19.1. The highest BCUT2D eigenvalue weighted by molar-refractivity contribution is 5.94. The lowest BCUT2D eigenvalue weighted by Crippen LogP contribution is -2.02. The Hall–Kier alpha value is -2.50. The quantitative estimate of drug-likeness (QED) is 0.445. The average molecular weight is 305 g/mol. The number of methoxy groups -OCH3 is 1. The number of rotatable bonds is 7. The Morgan fingerprint density at radius 3 is 2.55 bits per heavy atom. The minimum atomic E-state index is -0.342. The monoisotopic (exact) mass is 305 g/mol.